The van der Waals surface area contributed by atoms with E-state index in [2.05, 4.69) is 65.3 Å². The summed E-state index contributed by atoms with van der Waals surface area (Å²) in [5.74, 6) is 1.02. The molecule has 0 N–H and O–H groups in total. The van der Waals surface area contributed by atoms with Gasteiger partial charge in [-0.1, -0.05) is 54.6 Å². The Kier molecular flexibility index (Phi) is 2.48. The first kappa shape index (κ1) is 12.1. The first-order valence-corrected chi connectivity index (χ1v) is 7.93. The van der Waals surface area contributed by atoms with Gasteiger partial charge in [-0.25, -0.2) is 0 Å². The van der Waals surface area contributed by atoms with Gasteiger partial charge in [0, 0.05) is 16.6 Å². The third-order valence-corrected chi connectivity index (χ3v) is 4.86. The Morgan fingerprint density at radius 1 is 1.00 bits per heavy atom. The molecule has 0 saturated carbocycles. The monoisotopic (exact) mass is 287 g/mol. The van der Waals surface area contributed by atoms with Crippen LogP contribution in [-0.4, -0.2) is 11.2 Å². The molecule has 5 rings (SSSR count). The van der Waals surface area contributed by atoms with Crippen molar-refractivity contribution in [2.75, 3.05) is 6.61 Å². The molecule has 0 saturated heterocycles. The molecule has 2 aliphatic rings. The summed E-state index contributed by atoms with van der Waals surface area (Å²) < 4.78 is 8.63. The van der Waals surface area contributed by atoms with E-state index in [1.165, 1.54) is 27.7 Å². The fraction of sp³-hybridized carbons (Fsp3) is 0.200. The van der Waals surface area contributed by atoms with E-state index in [1.807, 2.05) is 0 Å². The van der Waals surface area contributed by atoms with E-state index in [9.17, 15) is 0 Å². The molecular formula is C20H17NO. The molecule has 2 heteroatoms. The van der Waals surface area contributed by atoms with E-state index in [0.29, 0.717) is 6.61 Å². The van der Waals surface area contributed by atoms with E-state index in [0.717, 1.165) is 18.6 Å². The van der Waals surface area contributed by atoms with E-state index in [-0.39, 0.29) is 6.04 Å². The van der Waals surface area contributed by atoms with Crippen LogP contribution in [0, 0.1) is 0 Å². The highest BCUT2D eigenvalue weighted by Gasteiger charge is 2.29. The zero-order valence-electron chi connectivity index (χ0n) is 12.3. The van der Waals surface area contributed by atoms with Gasteiger partial charge < -0.3 is 9.30 Å². The fourth-order valence-corrected chi connectivity index (χ4v) is 3.89. The van der Waals surface area contributed by atoms with Gasteiger partial charge in [0.15, 0.2) is 0 Å². The minimum Gasteiger partial charge on any atom is -0.489 e. The number of benzene rings is 2. The molecule has 1 aliphatic carbocycles. The van der Waals surface area contributed by atoms with Gasteiger partial charge in [-0.3, -0.25) is 0 Å². The Labute approximate surface area is 129 Å². The summed E-state index contributed by atoms with van der Waals surface area (Å²) in [7, 11) is 0. The van der Waals surface area contributed by atoms with Crippen LogP contribution in [0.5, 0.6) is 5.75 Å². The van der Waals surface area contributed by atoms with Crippen LogP contribution in [-0.2, 0) is 6.42 Å². The average Bonchev–Trinajstić information content (AvgIpc) is 2.93. The number of nitrogens with zero attached hydrogens (tertiary/aromatic N) is 1. The largest absolute Gasteiger partial charge is 0.489 e. The number of hydrogen-bond acceptors (Lipinski definition) is 1. The van der Waals surface area contributed by atoms with Gasteiger partial charge in [0.05, 0.1) is 11.6 Å². The minimum atomic E-state index is 0.272. The van der Waals surface area contributed by atoms with E-state index in [1.54, 1.807) is 0 Å². The van der Waals surface area contributed by atoms with Crippen LogP contribution in [0.25, 0.3) is 17.0 Å². The van der Waals surface area contributed by atoms with Gasteiger partial charge in [-0.2, -0.15) is 0 Å². The second-order valence-electron chi connectivity index (χ2n) is 6.06. The molecule has 1 atom stereocenters. The van der Waals surface area contributed by atoms with E-state index < -0.39 is 0 Å². The summed E-state index contributed by atoms with van der Waals surface area (Å²) in [6, 6.07) is 17.4. The Morgan fingerprint density at radius 3 is 2.82 bits per heavy atom. The molecule has 2 heterocycles. The quantitative estimate of drug-likeness (QED) is 0.639. The molecule has 0 radical (unpaired) electrons. The van der Waals surface area contributed by atoms with E-state index >= 15 is 0 Å². The van der Waals surface area contributed by atoms with Crippen molar-refractivity contribution in [2.45, 2.75) is 18.9 Å². The van der Waals surface area contributed by atoms with Gasteiger partial charge in [-0.15, -0.1) is 0 Å². The van der Waals surface area contributed by atoms with Crippen molar-refractivity contribution in [3.05, 3.63) is 71.4 Å². The van der Waals surface area contributed by atoms with Crippen LogP contribution in [0.3, 0.4) is 0 Å². The summed E-state index contributed by atoms with van der Waals surface area (Å²) in [6.45, 7) is 0.709. The van der Waals surface area contributed by atoms with Crippen molar-refractivity contribution in [3.8, 4) is 5.75 Å². The van der Waals surface area contributed by atoms with Crippen LogP contribution in [0.15, 0.2) is 54.6 Å². The lowest BCUT2D eigenvalue weighted by Gasteiger charge is -2.29. The molecule has 3 aromatic rings. The second kappa shape index (κ2) is 4.51. The van der Waals surface area contributed by atoms with Gasteiger partial charge >= 0.3 is 0 Å². The first-order valence-electron chi connectivity index (χ1n) is 7.93. The lowest BCUT2D eigenvalue weighted by Crippen LogP contribution is -2.24. The average molecular weight is 287 g/mol. The van der Waals surface area contributed by atoms with Crippen LogP contribution in [0.4, 0.5) is 0 Å². The highest BCUT2D eigenvalue weighted by molar-refractivity contribution is 5.96. The summed E-state index contributed by atoms with van der Waals surface area (Å²) in [5, 5.41) is 1.32. The number of rotatable bonds is 1. The maximum Gasteiger partial charge on any atom is 0.143 e. The number of ether oxygens (including phenoxy) is 1. The maximum absolute atomic E-state index is 6.10. The molecule has 0 fully saturated rings. The molecule has 0 unspecified atom stereocenters. The zero-order valence-corrected chi connectivity index (χ0v) is 12.3. The molecule has 1 aliphatic heterocycles. The molecular weight excluding hydrogens is 270 g/mol. The van der Waals surface area contributed by atoms with Gasteiger partial charge in [-0.05, 0) is 24.5 Å². The highest BCUT2D eigenvalue weighted by Crippen LogP contribution is 2.42. The Hall–Kier alpha value is -2.48. The highest BCUT2D eigenvalue weighted by atomic mass is 16.5. The van der Waals surface area contributed by atoms with Gasteiger partial charge in [0.1, 0.15) is 12.4 Å². The molecule has 22 heavy (non-hydrogen) atoms. The molecule has 0 spiro atoms. The normalized spacial score (nSPS) is 19.0. The van der Waals surface area contributed by atoms with Crippen molar-refractivity contribution in [1.82, 2.24) is 4.57 Å². The fourth-order valence-electron chi connectivity index (χ4n) is 3.89. The lowest BCUT2D eigenvalue weighted by atomic mass is 10.0. The van der Waals surface area contributed by atoms with Crippen molar-refractivity contribution >= 4 is 17.0 Å². The molecule has 2 aromatic carbocycles. The lowest BCUT2D eigenvalue weighted by molar-refractivity contribution is 0.257. The maximum atomic E-state index is 6.10. The number of fused-ring (bicyclic) bond motifs is 3. The molecule has 0 amide bonds. The van der Waals surface area contributed by atoms with Gasteiger partial charge in [0.25, 0.3) is 0 Å². The summed E-state index contributed by atoms with van der Waals surface area (Å²) >= 11 is 0. The number of allylic oxidation sites excluding steroid dienone is 1. The third-order valence-electron chi connectivity index (χ3n) is 4.86. The molecule has 2 nitrogen and oxygen atoms in total. The smallest absolute Gasteiger partial charge is 0.143 e. The molecule has 1 aromatic heterocycles. The Balaban J connectivity index is 1.85. The second-order valence-corrected chi connectivity index (χ2v) is 6.06. The third kappa shape index (κ3) is 1.55. The van der Waals surface area contributed by atoms with Crippen molar-refractivity contribution in [3.63, 3.8) is 0 Å². The first-order chi connectivity index (χ1) is 10.9. The summed E-state index contributed by atoms with van der Waals surface area (Å²) in [6.07, 6.45) is 6.81. The van der Waals surface area contributed by atoms with Crippen LogP contribution in [0.2, 0.25) is 0 Å². The van der Waals surface area contributed by atoms with Crippen molar-refractivity contribution in [2.24, 2.45) is 0 Å². The van der Waals surface area contributed by atoms with Crippen molar-refractivity contribution in [1.29, 1.82) is 0 Å². The van der Waals surface area contributed by atoms with Crippen LogP contribution < -0.4 is 4.74 Å². The zero-order chi connectivity index (χ0) is 14.5. The number of para-hydroxylation sites is 1. The SMILES string of the molecule is C1=Cc2c(n3c4c(cccc24)OC[C@@H]3c2ccccc2)CC1. The number of hydrogen-bond donors (Lipinski definition) is 0. The van der Waals surface area contributed by atoms with Crippen molar-refractivity contribution < 1.29 is 4.74 Å². The predicted octanol–water partition coefficient (Wildman–Crippen LogP) is 4.58. The van der Waals surface area contributed by atoms with Gasteiger partial charge in [0.2, 0.25) is 0 Å². The Morgan fingerprint density at radius 2 is 1.91 bits per heavy atom. The minimum absolute atomic E-state index is 0.272. The van der Waals surface area contributed by atoms with E-state index in [4.69, 9.17) is 4.74 Å². The Bertz CT molecular complexity index is 889. The number of aromatic nitrogens is 1. The van der Waals surface area contributed by atoms with Crippen LogP contribution >= 0.6 is 0 Å². The molecule has 108 valence electrons. The summed E-state index contributed by atoms with van der Waals surface area (Å²) in [4.78, 5) is 0. The molecule has 0 bridgehead atoms. The van der Waals surface area contributed by atoms with Crippen LogP contribution in [0.1, 0.15) is 29.3 Å². The predicted molar refractivity (Wildman–Crippen MR) is 89.4 cm³/mol. The summed E-state index contributed by atoms with van der Waals surface area (Å²) in [5.41, 5.74) is 5.43. The standard InChI is InChI=1S/C20H17NO/c1-2-7-14(8-3-1)18-13-22-19-12-6-10-16-15-9-4-5-11-17(15)21(18)20(16)19/h1-4,6-10,12,18H,5,11,13H2/t18-/m1/s1. The topological polar surface area (TPSA) is 14.2 Å².